The van der Waals surface area contributed by atoms with Gasteiger partial charge >= 0.3 is 5.97 Å². The number of piperidine rings is 1. The van der Waals surface area contributed by atoms with Gasteiger partial charge in [-0.2, -0.15) is 0 Å². The summed E-state index contributed by atoms with van der Waals surface area (Å²) < 4.78 is 0. The summed E-state index contributed by atoms with van der Waals surface area (Å²) in [4.78, 5) is 13.5. The van der Waals surface area contributed by atoms with E-state index in [-0.39, 0.29) is 5.41 Å². The van der Waals surface area contributed by atoms with Crippen molar-refractivity contribution in [2.24, 2.45) is 5.41 Å². The molecule has 1 aliphatic rings. The molecule has 110 valence electrons. The highest BCUT2D eigenvalue weighted by Crippen LogP contribution is 2.33. The molecular formula is C17H25NO2. The van der Waals surface area contributed by atoms with E-state index in [9.17, 15) is 9.90 Å². The molecule has 0 unspecified atom stereocenters. The van der Waals surface area contributed by atoms with Gasteiger partial charge < -0.3 is 10.0 Å². The maximum absolute atomic E-state index is 11.3. The quantitative estimate of drug-likeness (QED) is 0.895. The molecule has 1 heterocycles. The largest absolute Gasteiger partial charge is 0.481 e. The topological polar surface area (TPSA) is 40.5 Å². The first-order valence-corrected chi connectivity index (χ1v) is 7.31. The van der Waals surface area contributed by atoms with Crippen LogP contribution in [0.25, 0.3) is 0 Å². The van der Waals surface area contributed by atoms with E-state index in [1.165, 1.54) is 11.3 Å². The molecule has 20 heavy (non-hydrogen) atoms. The summed E-state index contributed by atoms with van der Waals surface area (Å²) in [6, 6.07) is 8.68. The molecule has 1 N–H and O–H groups in total. The number of hydrogen-bond acceptors (Lipinski definition) is 2. The Balaban J connectivity index is 2.06. The third-order valence-electron chi connectivity index (χ3n) is 4.48. The zero-order chi connectivity index (χ0) is 15.0. The molecule has 0 aliphatic carbocycles. The second kappa shape index (κ2) is 5.12. The minimum absolute atomic E-state index is 0.169. The average Bonchev–Trinajstić information content (AvgIpc) is 2.38. The molecule has 1 aromatic rings. The standard InChI is InChI=1S/C17H25NO2/c1-16(2,3)13-5-7-14(8-6-13)18-11-9-17(4,10-12-18)15(19)20/h5-8H,9-12H2,1-4H3,(H,19,20). The van der Waals surface area contributed by atoms with Gasteiger partial charge in [0.05, 0.1) is 5.41 Å². The average molecular weight is 275 g/mol. The smallest absolute Gasteiger partial charge is 0.309 e. The van der Waals surface area contributed by atoms with Crippen molar-refractivity contribution in [3.8, 4) is 0 Å². The number of anilines is 1. The van der Waals surface area contributed by atoms with Crippen molar-refractivity contribution in [3.63, 3.8) is 0 Å². The molecule has 0 amide bonds. The Hall–Kier alpha value is -1.51. The van der Waals surface area contributed by atoms with Crippen LogP contribution in [-0.2, 0) is 10.2 Å². The lowest BCUT2D eigenvalue weighted by molar-refractivity contribution is -0.149. The molecule has 0 aromatic heterocycles. The SMILES string of the molecule is CC1(C(=O)O)CCN(c2ccc(C(C)(C)C)cc2)CC1. The fourth-order valence-electron chi connectivity index (χ4n) is 2.64. The summed E-state index contributed by atoms with van der Waals surface area (Å²) in [5.41, 5.74) is 2.14. The van der Waals surface area contributed by atoms with E-state index in [4.69, 9.17) is 0 Å². The van der Waals surface area contributed by atoms with Crippen LogP contribution in [0.5, 0.6) is 0 Å². The fourth-order valence-corrected chi connectivity index (χ4v) is 2.64. The summed E-state index contributed by atoms with van der Waals surface area (Å²) >= 11 is 0. The number of benzene rings is 1. The summed E-state index contributed by atoms with van der Waals surface area (Å²) in [7, 11) is 0. The molecule has 0 saturated carbocycles. The van der Waals surface area contributed by atoms with Crippen molar-refractivity contribution in [2.45, 2.75) is 46.0 Å². The number of hydrogen-bond donors (Lipinski definition) is 1. The van der Waals surface area contributed by atoms with Gasteiger partial charge in [-0.05, 0) is 42.9 Å². The van der Waals surface area contributed by atoms with Gasteiger partial charge in [0, 0.05) is 18.8 Å². The van der Waals surface area contributed by atoms with Gasteiger partial charge in [0.1, 0.15) is 0 Å². The first kappa shape index (κ1) is 14.9. The number of carbonyl (C=O) groups is 1. The monoisotopic (exact) mass is 275 g/mol. The van der Waals surface area contributed by atoms with Gasteiger partial charge in [-0.1, -0.05) is 32.9 Å². The highest BCUT2D eigenvalue weighted by atomic mass is 16.4. The Morgan fingerprint density at radius 2 is 1.65 bits per heavy atom. The van der Waals surface area contributed by atoms with Crippen LogP contribution >= 0.6 is 0 Å². The minimum atomic E-state index is -0.666. The van der Waals surface area contributed by atoms with Gasteiger partial charge in [0.15, 0.2) is 0 Å². The van der Waals surface area contributed by atoms with Crippen LogP contribution in [-0.4, -0.2) is 24.2 Å². The minimum Gasteiger partial charge on any atom is -0.481 e. The summed E-state index contributed by atoms with van der Waals surface area (Å²) in [5.74, 6) is -0.666. The van der Waals surface area contributed by atoms with Crippen LogP contribution in [0.15, 0.2) is 24.3 Å². The summed E-state index contributed by atoms with van der Waals surface area (Å²) in [6.45, 7) is 10.1. The van der Waals surface area contributed by atoms with E-state index in [2.05, 4.69) is 49.9 Å². The Labute approximate surface area is 121 Å². The van der Waals surface area contributed by atoms with Crippen LogP contribution in [0.3, 0.4) is 0 Å². The Morgan fingerprint density at radius 1 is 1.15 bits per heavy atom. The fraction of sp³-hybridized carbons (Fsp3) is 0.588. The van der Waals surface area contributed by atoms with Crippen LogP contribution in [0, 0.1) is 5.41 Å². The van der Waals surface area contributed by atoms with E-state index in [0.29, 0.717) is 12.8 Å². The second-order valence-electron chi connectivity index (χ2n) is 7.15. The number of nitrogens with zero attached hydrogens (tertiary/aromatic N) is 1. The molecular weight excluding hydrogens is 250 g/mol. The van der Waals surface area contributed by atoms with Crippen LogP contribution in [0.2, 0.25) is 0 Å². The Morgan fingerprint density at radius 3 is 2.05 bits per heavy atom. The number of rotatable bonds is 2. The number of carboxylic acid groups (broad SMARTS) is 1. The van der Waals surface area contributed by atoms with Crippen molar-refractivity contribution < 1.29 is 9.90 Å². The van der Waals surface area contributed by atoms with Crippen molar-refractivity contribution in [2.75, 3.05) is 18.0 Å². The molecule has 0 spiro atoms. The molecule has 3 heteroatoms. The zero-order valence-corrected chi connectivity index (χ0v) is 12.9. The van der Waals surface area contributed by atoms with Gasteiger partial charge in [-0.15, -0.1) is 0 Å². The lowest BCUT2D eigenvalue weighted by Gasteiger charge is -2.38. The predicted octanol–water partition coefficient (Wildman–Crippen LogP) is 3.68. The van der Waals surface area contributed by atoms with E-state index < -0.39 is 11.4 Å². The Bertz CT molecular complexity index is 477. The molecule has 0 radical (unpaired) electrons. The van der Waals surface area contributed by atoms with E-state index in [1.807, 2.05) is 6.92 Å². The normalized spacial score (nSPS) is 18.9. The highest BCUT2D eigenvalue weighted by molar-refractivity contribution is 5.74. The van der Waals surface area contributed by atoms with Gasteiger partial charge in [0.25, 0.3) is 0 Å². The van der Waals surface area contributed by atoms with E-state index >= 15 is 0 Å². The van der Waals surface area contributed by atoms with Gasteiger partial charge in [0.2, 0.25) is 0 Å². The third kappa shape index (κ3) is 2.97. The summed E-state index contributed by atoms with van der Waals surface area (Å²) in [5, 5.41) is 9.26. The lowest BCUT2D eigenvalue weighted by Crippen LogP contribution is -2.42. The van der Waals surface area contributed by atoms with Gasteiger partial charge in [-0.3, -0.25) is 4.79 Å². The second-order valence-corrected chi connectivity index (χ2v) is 7.15. The molecule has 0 bridgehead atoms. The molecule has 0 atom stereocenters. The van der Waals surface area contributed by atoms with E-state index in [1.54, 1.807) is 0 Å². The van der Waals surface area contributed by atoms with Gasteiger partial charge in [-0.25, -0.2) is 0 Å². The van der Waals surface area contributed by atoms with Crippen LogP contribution in [0.4, 0.5) is 5.69 Å². The molecule has 3 nitrogen and oxygen atoms in total. The van der Waals surface area contributed by atoms with Crippen molar-refractivity contribution in [3.05, 3.63) is 29.8 Å². The van der Waals surface area contributed by atoms with Crippen molar-refractivity contribution in [1.29, 1.82) is 0 Å². The molecule has 1 fully saturated rings. The van der Waals surface area contributed by atoms with Crippen molar-refractivity contribution >= 4 is 11.7 Å². The number of aliphatic carboxylic acids is 1. The first-order valence-electron chi connectivity index (χ1n) is 7.31. The van der Waals surface area contributed by atoms with E-state index in [0.717, 1.165) is 13.1 Å². The molecule has 1 aliphatic heterocycles. The zero-order valence-electron chi connectivity index (χ0n) is 12.9. The molecule has 1 saturated heterocycles. The molecule has 1 aromatic carbocycles. The third-order valence-corrected chi connectivity index (χ3v) is 4.48. The number of carboxylic acids is 1. The first-order chi connectivity index (χ1) is 9.22. The predicted molar refractivity (Wildman–Crippen MR) is 82.3 cm³/mol. The summed E-state index contributed by atoms with van der Waals surface area (Å²) in [6.07, 6.45) is 1.42. The van der Waals surface area contributed by atoms with Crippen LogP contribution < -0.4 is 4.90 Å². The van der Waals surface area contributed by atoms with Crippen molar-refractivity contribution in [1.82, 2.24) is 0 Å². The maximum Gasteiger partial charge on any atom is 0.309 e. The Kier molecular flexibility index (Phi) is 3.81. The lowest BCUT2D eigenvalue weighted by atomic mass is 9.80. The maximum atomic E-state index is 11.3. The molecule has 2 rings (SSSR count). The highest BCUT2D eigenvalue weighted by Gasteiger charge is 2.36. The van der Waals surface area contributed by atoms with Crippen LogP contribution in [0.1, 0.15) is 46.1 Å².